The Kier molecular flexibility index (Phi) is 7.26. The molecule has 18 heavy (non-hydrogen) atoms. The van der Waals surface area contributed by atoms with Crippen molar-refractivity contribution >= 4 is 17.7 Å². The molecule has 100 valence electrons. The van der Waals surface area contributed by atoms with E-state index in [1.54, 1.807) is 6.92 Å². The highest BCUT2D eigenvalue weighted by Gasteiger charge is 2.31. The summed E-state index contributed by atoms with van der Waals surface area (Å²) < 4.78 is 22.0. The molecule has 0 aromatic carbocycles. The standard InChI is InChI=1S/C12H16FNO4/c1-5-6-9(13)7-14-8(2)10(11(15)17-3)12(16)18-4/h5-7,10H,1-4H3/b6-5-,9-7+,14-8?. The maximum Gasteiger partial charge on any atom is 0.325 e. The monoisotopic (exact) mass is 257 g/mol. The Balaban J connectivity index is 5.13. The molecule has 0 atom stereocenters. The zero-order valence-electron chi connectivity index (χ0n) is 10.8. The summed E-state index contributed by atoms with van der Waals surface area (Å²) in [5.74, 6) is -3.48. The fourth-order valence-electron chi connectivity index (χ4n) is 1.11. The van der Waals surface area contributed by atoms with Crippen LogP contribution in [0.15, 0.2) is 29.2 Å². The summed E-state index contributed by atoms with van der Waals surface area (Å²) in [6.07, 6.45) is 3.60. The summed E-state index contributed by atoms with van der Waals surface area (Å²) in [5, 5.41) is 0. The van der Waals surface area contributed by atoms with Crippen molar-refractivity contribution in [2.45, 2.75) is 13.8 Å². The van der Waals surface area contributed by atoms with Crippen molar-refractivity contribution in [1.29, 1.82) is 0 Å². The van der Waals surface area contributed by atoms with Gasteiger partial charge in [-0.3, -0.25) is 14.6 Å². The molecule has 0 aliphatic carbocycles. The van der Waals surface area contributed by atoms with Gasteiger partial charge in [-0.15, -0.1) is 0 Å². The van der Waals surface area contributed by atoms with Gasteiger partial charge in [-0.1, -0.05) is 6.08 Å². The number of halogens is 1. The highest BCUT2D eigenvalue weighted by molar-refractivity contribution is 6.16. The van der Waals surface area contributed by atoms with Crippen LogP contribution in [0.3, 0.4) is 0 Å². The summed E-state index contributed by atoms with van der Waals surface area (Å²) in [5.41, 5.74) is 0.0911. The number of hydrogen-bond acceptors (Lipinski definition) is 5. The summed E-state index contributed by atoms with van der Waals surface area (Å²) in [7, 11) is 2.28. The number of carbonyl (C=O) groups excluding carboxylic acids is 2. The van der Waals surface area contributed by atoms with Gasteiger partial charge < -0.3 is 9.47 Å². The Bertz CT molecular complexity index is 383. The molecule has 0 rings (SSSR count). The zero-order chi connectivity index (χ0) is 14.1. The van der Waals surface area contributed by atoms with Gasteiger partial charge in [0, 0.05) is 5.71 Å². The predicted molar refractivity (Wildman–Crippen MR) is 64.6 cm³/mol. The Morgan fingerprint density at radius 3 is 2.11 bits per heavy atom. The fourth-order valence-corrected chi connectivity index (χ4v) is 1.11. The minimum Gasteiger partial charge on any atom is -0.468 e. The van der Waals surface area contributed by atoms with Crippen LogP contribution in [0.5, 0.6) is 0 Å². The Morgan fingerprint density at radius 2 is 1.72 bits per heavy atom. The first-order valence-corrected chi connectivity index (χ1v) is 5.16. The molecule has 0 spiro atoms. The van der Waals surface area contributed by atoms with Crippen LogP contribution in [0.25, 0.3) is 0 Å². The molecule has 0 radical (unpaired) electrons. The molecule has 6 heteroatoms. The lowest BCUT2D eigenvalue weighted by molar-refractivity contribution is -0.155. The van der Waals surface area contributed by atoms with Gasteiger partial charge >= 0.3 is 11.9 Å². The van der Waals surface area contributed by atoms with Crippen LogP contribution >= 0.6 is 0 Å². The number of carbonyl (C=O) groups is 2. The third-order valence-corrected chi connectivity index (χ3v) is 2.01. The molecule has 5 nitrogen and oxygen atoms in total. The van der Waals surface area contributed by atoms with Crippen molar-refractivity contribution in [2.75, 3.05) is 14.2 Å². The van der Waals surface area contributed by atoms with Gasteiger partial charge in [-0.05, 0) is 19.9 Å². The minimum atomic E-state index is -1.28. The van der Waals surface area contributed by atoms with E-state index < -0.39 is 23.7 Å². The molecule has 0 bridgehead atoms. The lowest BCUT2D eigenvalue weighted by atomic mass is 10.1. The summed E-state index contributed by atoms with van der Waals surface area (Å²) >= 11 is 0. The van der Waals surface area contributed by atoms with Crippen molar-refractivity contribution in [1.82, 2.24) is 0 Å². The summed E-state index contributed by atoms with van der Waals surface area (Å²) in [6.45, 7) is 3.06. The van der Waals surface area contributed by atoms with Gasteiger partial charge in [0.25, 0.3) is 0 Å². The van der Waals surface area contributed by atoms with Gasteiger partial charge in [0.15, 0.2) is 5.92 Å². The van der Waals surface area contributed by atoms with E-state index in [0.29, 0.717) is 0 Å². The molecular formula is C12H16FNO4. The van der Waals surface area contributed by atoms with Crippen LogP contribution in [-0.2, 0) is 19.1 Å². The molecule has 0 aliphatic rings. The lowest BCUT2D eigenvalue weighted by Crippen LogP contribution is -2.32. The first kappa shape index (κ1) is 16.0. The van der Waals surface area contributed by atoms with E-state index in [9.17, 15) is 14.0 Å². The van der Waals surface area contributed by atoms with E-state index in [-0.39, 0.29) is 5.71 Å². The highest BCUT2D eigenvalue weighted by Crippen LogP contribution is 2.07. The number of ether oxygens (including phenoxy) is 2. The van der Waals surface area contributed by atoms with Gasteiger partial charge in [0.1, 0.15) is 5.83 Å². The van der Waals surface area contributed by atoms with E-state index in [1.165, 1.54) is 19.1 Å². The molecule has 0 aromatic rings. The van der Waals surface area contributed by atoms with E-state index in [1.807, 2.05) is 0 Å². The SMILES string of the molecule is C/C=C\C(F)=C/N=C(C)C(C(=O)OC)C(=O)OC. The van der Waals surface area contributed by atoms with E-state index in [2.05, 4.69) is 14.5 Å². The van der Waals surface area contributed by atoms with Crippen molar-refractivity contribution in [3.05, 3.63) is 24.2 Å². The second-order valence-electron chi connectivity index (χ2n) is 3.26. The maximum absolute atomic E-state index is 13.0. The second-order valence-corrected chi connectivity index (χ2v) is 3.26. The Hall–Kier alpha value is -1.98. The van der Waals surface area contributed by atoms with Crippen molar-refractivity contribution in [3.63, 3.8) is 0 Å². The lowest BCUT2D eigenvalue weighted by Gasteiger charge is -2.11. The van der Waals surface area contributed by atoms with E-state index in [0.717, 1.165) is 20.4 Å². The summed E-state index contributed by atoms with van der Waals surface area (Å²) in [6, 6.07) is 0. The van der Waals surface area contributed by atoms with Gasteiger partial charge in [0.2, 0.25) is 0 Å². The smallest absolute Gasteiger partial charge is 0.325 e. The van der Waals surface area contributed by atoms with Crippen LogP contribution in [0, 0.1) is 5.92 Å². The average Bonchev–Trinajstić information content (AvgIpc) is 2.36. The van der Waals surface area contributed by atoms with Gasteiger partial charge in [0.05, 0.1) is 20.4 Å². The number of methoxy groups -OCH3 is 2. The van der Waals surface area contributed by atoms with Gasteiger partial charge in [-0.25, -0.2) is 4.39 Å². The van der Waals surface area contributed by atoms with Crippen molar-refractivity contribution in [3.8, 4) is 0 Å². The first-order chi connectivity index (χ1) is 8.47. The minimum absolute atomic E-state index is 0.0911. The molecule has 0 saturated heterocycles. The molecule has 0 fully saturated rings. The maximum atomic E-state index is 13.0. The molecular weight excluding hydrogens is 241 g/mol. The first-order valence-electron chi connectivity index (χ1n) is 5.16. The quantitative estimate of drug-likeness (QED) is 0.326. The molecule has 0 N–H and O–H groups in total. The van der Waals surface area contributed by atoms with Crippen molar-refractivity contribution < 1.29 is 23.5 Å². The van der Waals surface area contributed by atoms with Crippen LogP contribution in [0.2, 0.25) is 0 Å². The number of rotatable bonds is 5. The second kappa shape index (κ2) is 8.16. The normalized spacial score (nSPS) is 13.0. The third kappa shape index (κ3) is 4.90. The summed E-state index contributed by atoms with van der Waals surface area (Å²) in [4.78, 5) is 26.5. The van der Waals surface area contributed by atoms with Crippen molar-refractivity contribution in [2.24, 2.45) is 10.9 Å². The molecule has 0 aromatic heterocycles. The average molecular weight is 257 g/mol. The van der Waals surface area contributed by atoms with Crippen LogP contribution in [0.4, 0.5) is 4.39 Å². The van der Waals surface area contributed by atoms with Crippen LogP contribution in [0.1, 0.15) is 13.8 Å². The fraction of sp³-hybridized carbons (Fsp3) is 0.417. The van der Waals surface area contributed by atoms with E-state index >= 15 is 0 Å². The number of hydrogen-bond donors (Lipinski definition) is 0. The van der Waals surface area contributed by atoms with E-state index in [4.69, 9.17) is 0 Å². The number of nitrogens with zero attached hydrogens (tertiary/aromatic N) is 1. The predicted octanol–water partition coefficient (Wildman–Crippen LogP) is 1.80. The van der Waals surface area contributed by atoms with Gasteiger partial charge in [-0.2, -0.15) is 0 Å². The molecule has 0 aliphatic heterocycles. The molecule has 0 saturated carbocycles. The molecule has 0 unspecified atom stereocenters. The Labute approximate surface area is 105 Å². The third-order valence-electron chi connectivity index (χ3n) is 2.01. The molecule has 0 amide bonds. The number of esters is 2. The zero-order valence-corrected chi connectivity index (χ0v) is 10.8. The number of aliphatic imine (C=N–C) groups is 1. The van der Waals surface area contributed by atoms with Crippen LogP contribution in [-0.4, -0.2) is 31.9 Å². The molecule has 0 heterocycles. The number of allylic oxidation sites excluding steroid dienone is 3. The highest BCUT2D eigenvalue weighted by atomic mass is 19.1. The topological polar surface area (TPSA) is 65.0 Å². The largest absolute Gasteiger partial charge is 0.468 e. The van der Waals surface area contributed by atoms with Crippen LogP contribution < -0.4 is 0 Å². The Morgan fingerprint density at radius 1 is 1.22 bits per heavy atom.